The average Bonchev–Trinajstić information content (AvgIpc) is 3.02. The molecule has 3 nitrogen and oxygen atoms in total. The Morgan fingerprint density at radius 1 is 1.43 bits per heavy atom. The van der Waals surface area contributed by atoms with Crippen LogP contribution in [-0.2, 0) is 0 Å². The van der Waals surface area contributed by atoms with Gasteiger partial charge in [-0.25, -0.2) is 0 Å². The van der Waals surface area contributed by atoms with Crippen molar-refractivity contribution in [2.45, 2.75) is 55.0 Å². The zero-order valence-corrected chi connectivity index (χ0v) is 13.3. The molecule has 110 valence electrons. The van der Waals surface area contributed by atoms with Crippen LogP contribution in [0.2, 0.25) is 0 Å². The summed E-state index contributed by atoms with van der Waals surface area (Å²) in [7, 11) is 0. The number of para-hydroxylation sites is 1. The Kier molecular flexibility index (Phi) is 3.97. The lowest BCUT2D eigenvalue weighted by Gasteiger charge is -2.25. The van der Waals surface area contributed by atoms with Gasteiger partial charge in [0.1, 0.15) is 5.54 Å². The SMILES string of the molecule is CC(C)NC1(C#N)CCC(Sc2cc3ccccc3[nH]2)C1. The molecule has 0 aliphatic heterocycles. The van der Waals surface area contributed by atoms with Crippen LogP contribution in [0.4, 0.5) is 0 Å². The van der Waals surface area contributed by atoms with Gasteiger partial charge in [-0.2, -0.15) is 5.26 Å². The van der Waals surface area contributed by atoms with Crippen LogP contribution in [0.3, 0.4) is 0 Å². The Morgan fingerprint density at radius 3 is 2.95 bits per heavy atom. The minimum atomic E-state index is -0.335. The van der Waals surface area contributed by atoms with Gasteiger partial charge in [0.15, 0.2) is 0 Å². The largest absolute Gasteiger partial charge is 0.350 e. The summed E-state index contributed by atoms with van der Waals surface area (Å²) in [5.41, 5.74) is 0.850. The number of hydrogen-bond acceptors (Lipinski definition) is 3. The Bertz CT molecular complexity index is 637. The first kappa shape index (κ1) is 14.5. The number of fused-ring (bicyclic) bond motifs is 1. The van der Waals surface area contributed by atoms with Gasteiger partial charge in [0.05, 0.1) is 11.1 Å². The number of rotatable bonds is 4. The van der Waals surface area contributed by atoms with E-state index in [9.17, 15) is 5.26 Å². The molecule has 1 aliphatic carbocycles. The molecule has 1 fully saturated rings. The third-order valence-corrected chi connectivity index (χ3v) is 5.26. The summed E-state index contributed by atoms with van der Waals surface area (Å²) >= 11 is 1.88. The van der Waals surface area contributed by atoms with E-state index < -0.39 is 0 Å². The van der Waals surface area contributed by atoms with E-state index in [0.29, 0.717) is 11.3 Å². The van der Waals surface area contributed by atoms with Gasteiger partial charge >= 0.3 is 0 Å². The van der Waals surface area contributed by atoms with Crippen LogP contribution < -0.4 is 5.32 Å². The lowest BCUT2D eigenvalue weighted by molar-refractivity contribution is 0.386. The topological polar surface area (TPSA) is 51.6 Å². The van der Waals surface area contributed by atoms with Crippen LogP contribution in [0.15, 0.2) is 35.4 Å². The Labute approximate surface area is 130 Å². The van der Waals surface area contributed by atoms with E-state index >= 15 is 0 Å². The molecule has 2 atom stereocenters. The molecule has 0 amide bonds. The Morgan fingerprint density at radius 2 is 2.24 bits per heavy atom. The van der Waals surface area contributed by atoms with Crippen LogP contribution in [0.25, 0.3) is 10.9 Å². The molecule has 0 saturated heterocycles. The van der Waals surface area contributed by atoms with Gasteiger partial charge in [0, 0.05) is 22.2 Å². The lowest BCUT2D eigenvalue weighted by atomic mass is 9.99. The van der Waals surface area contributed by atoms with E-state index in [1.165, 1.54) is 15.9 Å². The standard InChI is InChI=1S/C17H21N3S/c1-12(2)20-17(11-18)8-7-14(10-17)21-16-9-13-5-3-4-6-15(13)19-16/h3-6,9,12,14,19-20H,7-8,10H2,1-2H3. The Hall–Kier alpha value is -1.44. The second kappa shape index (κ2) is 5.75. The van der Waals surface area contributed by atoms with Crippen molar-refractivity contribution in [1.82, 2.24) is 10.3 Å². The van der Waals surface area contributed by atoms with Crippen molar-refractivity contribution in [1.29, 1.82) is 5.26 Å². The summed E-state index contributed by atoms with van der Waals surface area (Å²) < 4.78 is 0. The number of nitrogens with one attached hydrogen (secondary N) is 2. The molecule has 21 heavy (non-hydrogen) atoms. The smallest absolute Gasteiger partial charge is 0.108 e. The molecule has 1 saturated carbocycles. The number of hydrogen-bond donors (Lipinski definition) is 2. The average molecular weight is 299 g/mol. The first-order valence-corrected chi connectivity index (χ1v) is 8.41. The van der Waals surface area contributed by atoms with Gasteiger partial charge < -0.3 is 4.98 Å². The molecule has 2 aromatic rings. The highest BCUT2D eigenvalue weighted by molar-refractivity contribution is 7.99. The fraction of sp³-hybridized carbons (Fsp3) is 0.471. The van der Waals surface area contributed by atoms with E-state index in [2.05, 4.69) is 60.5 Å². The van der Waals surface area contributed by atoms with Gasteiger partial charge in [0.2, 0.25) is 0 Å². The quantitative estimate of drug-likeness (QED) is 0.894. The first-order valence-electron chi connectivity index (χ1n) is 7.54. The molecule has 1 heterocycles. The number of nitrogens with zero attached hydrogens (tertiary/aromatic N) is 1. The summed E-state index contributed by atoms with van der Waals surface area (Å²) in [5.74, 6) is 0. The highest BCUT2D eigenvalue weighted by Gasteiger charge is 2.40. The molecular formula is C17H21N3S. The summed E-state index contributed by atoms with van der Waals surface area (Å²) in [4.78, 5) is 3.47. The van der Waals surface area contributed by atoms with Gasteiger partial charge in [-0.3, -0.25) is 5.32 Å². The summed E-state index contributed by atoms with van der Waals surface area (Å²) in [6.07, 6.45) is 2.95. The van der Waals surface area contributed by atoms with Crippen molar-refractivity contribution in [2.75, 3.05) is 0 Å². The van der Waals surface area contributed by atoms with E-state index in [-0.39, 0.29) is 5.54 Å². The Balaban J connectivity index is 1.70. The number of aromatic nitrogens is 1. The molecule has 2 N–H and O–H groups in total. The number of nitriles is 1. The van der Waals surface area contributed by atoms with Crippen LogP contribution >= 0.6 is 11.8 Å². The number of thioether (sulfide) groups is 1. The van der Waals surface area contributed by atoms with Crippen LogP contribution in [0.1, 0.15) is 33.1 Å². The second-order valence-electron chi connectivity index (χ2n) is 6.20. The minimum absolute atomic E-state index is 0.335. The predicted octanol–water partition coefficient (Wildman–Crippen LogP) is 4.07. The maximum absolute atomic E-state index is 9.53. The summed E-state index contributed by atoms with van der Waals surface area (Å²) in [6.45, 7) is 4.22. The van der Waals surface area contributed by atoms with Crippen molar-refractivity contribution in [3.05, 3.63) is 30.3 Å². The number of aromatic amines is 1. The fourth-order valence-corrected chi connectivity index (χ4v) is 4.53. The normalized spacial score (nSPS) is 25.5. The fourth-order valence-electron chi connectivity index (χ4n) is 3.21. The van der Waals surface area contributed by atoms with Gasteiger partial charge in [-0.1, -0.05) is 18.2 Å². The van der Waals surface area contributed by atoms with E-state index in [0.717, 1.165) is 19.3 Å². The summed E-state index contributed by atoms with van der Waals surface area (Å²) in [5, 5.41) is 16.0. The number of benzene rings is 1. The first-order chi connectivity index (χ1) is 10.1. The lowest BCUT2D eigenvalue weighted by Crippen LogP contribution is -2.45. The van der Waals surface area contributed by atoms with Crippen LogP contribution in [0.5, 0.6) is 0 Å². The van der Waals surface area contributed by atoms with Crippen molar-refractivity contribution < 1.29 is 0 Å². The molecular weight excluding hydrogens is 278 g/mol. The highest BCUT2D eigenvalue weighted by Crippen LogP contribution is 2.40. The van der Waals surface area contributed by atoms with Gasteiger partial charge in [0.25, 0.3) is 0 Å². The van der Waals surface area contributed by atoms with Crippen molar-refractivity contribution in [2.24, 2.45) is 0 Å². The molecule has 3 rings (SSSR count). The van der Waals surface area contributed by atoms with Crippen LogP contribution in [-0.4, -0.2) is 21.8 Å². The van der Waals surface area contributed by atoms with E-state index in [1.807, 2.05) is 11.8 Å². The number of H-pyrrole nitrogens is 1. The van der Waals surface area contributed by atoms with Crippen molar-refractivity contribution >= 4 is 22.7 Å². The van der Waals surface area contributed by atoms with Crippen LogP contribution in [0, 0.1) is 11.3 Å². The zero-order chi connectivity index (χ0) is 14.9. The monoisotopic (exact) mass is 299 g/mol. The van der Waals surface area contributed by atoms with Crippen molar-refractivity contribution in [3.8, 4) is 6.07 Å². The molecule has 1 aromatic carbocycles. The molecule has 0 spiro atoms. The molecule has 2 unspecified atom stereocenters. The van der Waals surface area contributed by atoms with E-state index in [1.54, 1.807) is 0 Å². The predicted molar refractivity (Wildman–Crippen MR) is 88.4 cm³/mol. The maximum Gasteiger partial charge on any atom is 0.108 e. The zero-order valence-electron chi connectivity index (χ0n) is 12.5. The molecule has 0 radical (unpaired) electrons. The minimum Gasteiger partial charge on any atom is -0.350 e. The molecule has 1 aromatic heterocycles. The van der Waals surface area contributed by atoms with Gasteiger partial charge in [-0.05, 0) is 45.2 Å². The van der Waals surface area contributed by atoms with E-state index in [4.69, 9.17) is 0 Å². The molecule has 4 heteroatoms. The highest BCUT2D eigenvalue weighted by atomic mass is 32.2. The third kappa shape index (κ3) is 3.09. The van der Waals surface area contributed by atoms with Crippen molar-refractivity contribution in [3.63, 3.8) is 0 Å². The molecule has 1 aliphatic rings. The summed E-state index contributed by atoms with van der Waals surface area (Å²) in [6, 6.07) is 13.4. The second-order valence-corrected chi connectivity index (χ2v) is 7.54. The molecule has 0 bridgehead atoms. The van der Waals surface area contributed by atoms with Gasteiger partial charge in [-0.15, -0.1) is 11.8 Å². The maximum atomic E-state index is 9.53. The third-order valence-electron chi connectivity index (χ3n) is 4.05.